The van der Waals surface area contributed by atoms with E-state index in [2.05, 4.69) is 4.74 Å². The Labute approximate surface area is 115 Å². The van der Waals surface area contributed by atoms with Gasteiger partial charge in [0, 0.05) is 12.5 Å². The molecule has 108 valence electrons. The van der Waals surface area contributed by atoms with Crippen LogP contribution in [0, 0.1) is 0 Å². The van der Waals surface area contributed by atoms with Gasteiger partial charge in [-0.3, -0.25) is 0 Å². The second kappa shape index (κ2) is 7.35. The summed E-state index contributed by atoms with van der Waals surface area (Å²) in [6, 6.07) is 5.37. The Morgan fingerprint density at radius 2 is 2.05 bits per heavy atom. The molecule has 0 aliphatic carbocycles. The molecule has 7 heteroatoms. The lowest BCUT2D eigenvalue weighted by Crippen LogP contribution is -2.16. The fourth-order valence-electron chi connectivity index (χ4n) is 1.50. The number of methoxy groups -OCH3 is 1. The average Bonchev–Trinajstić information content (AvgIpc) is 2.34. The van der Waals surface area contributed by atoms with Crippen LogP contribution in [0.3, 0.4) is 0 Å². The molecule has 0 aliphatic rings. The van der Waals surface area contributed by atoms with Crippen LogP contribution in [0.25, 0.3) is 0 Å². The molecule has 0 aliphatic heterocycles. The van der Waals surface area contributed by atoms with Crippen LogP contribution in [0.5, 0.6) is 0 Å². The molecule has 1 aromatic rings. The second-order valence-corrected chi connectivity index (χ2v) is 3.88. The molecule has 19 heavy (non-hydrogen) atoms. The molecule has 1 aromatic carbocycles. The van der Waals surface area contributed by atoms with Crippen LogP contribution in [0.2, 0.25) is 0 Å². The number of rotatable bonds is 4. The van der Waals surface area contributed by atoms with E-state index in [1.54, 1.807) is 12.1 Å². The molecule has 0 aromatic heterocycles. The van der Waals surface area contributed by atoms with Crippen LogP contribution in [0.1, 0.15) is 34.8 Å². The zero-order valence-electron chi connectivity index (χ0n) is 10.2. The van der Waals surface area contributed by atoms with Gasteiger partial charge in [-0.05, 0) is 24.1 Å². The van der Waals surface area contributed by atoms with Gasteiger partial charge in [-0.15, -0.1) is 12.4 Å². The van der Waals surface area contributed by atoms with Crippen LogP contribution >= 0.6 is 12.4 Å². The second-order valence-electron chi connectivity index (χ2n) is 3.88. The van der Waals surface area contributed by atoms with Crippen molar-refractivity contribution in [3.8, 4) is 0 Å². The largest absolute Gasteiger partial charge is 0.465 e. The predicted molar refractivity (Wildman–Crippen MR) is 67.2 cm³/mol. The summed E-state index contributed by atoms with van der Waals surface area (Å²) in [5, 5.41) is 0. The van der Waals surface area contributed by atoms with Gasteiger partial charge in [0.05, 0.1) is 12.7 Å². The fraction of sp³-hybridized carbons (Fsp3) is 0.417. The first-order valence-electron chi connectivity index (χ1n) is 5.34. The van der Waals surface area contributed by atoms with E-state index < -0.39 is 24.6 Å². The highest BCUT2D eigenvalue weighted by Crippen LogP contribution is 2.26. The molecular weight excluding hydrogens is 283 g/mol. The van der Waals surface area contributed by atoms with Crippen molar-refractivity contribution in [3.05, 3.63) is 35.4 Å². The Hall–Kier alpha value is -1.27. The molecule has 3 nitrogen and oxygen atoms in total. The van der Waals surface area contributed by atoms with Gasteiger partial charge in [-0.25, -0.2) is 4.79 Å². The average molecular weight is 298 g/mol. The normalized spacial score (nSPS) is 12.5. The molecule has 0 amide bonds. The van der Waals surface area contributed by atoms with E-state index in [4.69, 9.17) is 5.73 Å². The van der Waals surface area contributed by atoms with Crippen LogP contribution in [-0.4, -0.2) is 19.3 Å². The molecule has 2 N–H and O–H groups in total. The summed E-state index contributed by atoms with van der Waals surface area (Å²) >= 11 is 0. The van der Waals surface area contributed by atoms with Gasteiger partial charge in [0.2, 0.25) is 0 Å². The first-order valence-corrected chi connectivity index (χ1v) is 5.34. The quantitative estimate of drug-likeness (QED) is 0.868. The van der Waals surface area contributed by atoms with Gasteiger partial charge < -0.3 is 10.5 Å². The number of hydrogen-bond acceptors (Lipinski definition) is 3. The van der Waals surface area contributed by atoms with Crippen molar-refractivity contribution in [2.24, 2.45) is 5.73 Å². The number of halogens is 4. The molecule has 0 saturated carbocycles. The summed E-state index contributed by atoms with van der Waals surface area (Å²) in [7, 11) is 1.23. The summed E-state index contributed by atoms with van der Waals surface area (Å²) in [6.07, 6.45) is -5.39. The third kappa shape index (κ3) is 5.94. The number of carbonyl (C=O) groups excluding carboxylic acids is 1. The van der Waals surface area contributed by atoms with Crippen molar-refractivity contribution in [1.82, 2.24) is 0 Å². The Kier molecular flexibility index (Phi) is 6.86. The molecule has 0 bridgehead atoms. The minimum Gasteiger partial charge on any atom is -0.465 e. The zero-order chi connectivity index (χ0) is 13.8. The molecule has 0 fully saturated rings. The van der Waals surface area contributed by atoms with Crippen LogP contribution in [0.15, 0.2) is 24.3 Å². The summed E-state index contributed by atoms with van der Waals surface area (Å²) in [4.78, 5) is 11.3. The van der Waals surface area contributed by atoms with Crippen LogP contribution in [-0.2, 0) is 4.74 Å². The Morgan fingerprint density at radius 3 is 2.58 bits per heavy atom. The smallest absolute Gasteiger partial charge is 0.389 e. The molecule has 0 saturated heterocycles. The lowest BCUT2D eigenvalue weighted by atomic mass is 10.0. The maximum absolute atomic E-state index is 12.1. The van der Waals surface area contributed by atoms with E-state index in [9.17, 15) is 18.0 Å². The Bertz CT molecular complexity index is 424. The Morgan fingerprint density at radius 1 is 1.42 bits per heavy atom. The lowest BCUT2D eigenvalue weighted by Gasteiger charge is -2.14. The topological polar surface area (TPSA) is 52.3 Å². The van der Waals surface area contributed by atoms with Gasteiger partial charge in [-0.2, -0.15) is 13.2 Å². The molecule has 0 radical (unpaired) electrons. The first-order chi connectivity index (χ1) is 8.33. The van der Waals surface area contributed by atoms with E-state index in [0.29, 0.717) is 5.56 Å². The van der Waals surface area contributed by atoms with Crippen molar-refractivity contribution < 1.29 is 22.7 Å². The molecule has 0 spiro atoms. The van der Waals surface area contributed by atoms with Crippen molar-refractivity contribution in [2.75, 3.05) is 7.11 Å². The van der Waals surface area contributed by atoms with Crippen molar-refractivity contribution in [1.29, 1.82) is 0 Å². The molecular formula is C12H15ClF3NO2. The lowest BCUT2D eigenvalue weighted by molar-refractivity contribution is -0.136. The maximum atomic E-state index is 12.1. The third-order valence-corrected chi connectivity index (χ3v) is 2.47. The number of carbonyl (C=O) groups is 1. The van der Waals surface area contributed by atoms with Gasteiger partial charge in [0.15, 0.2) is 0 Å². The maximum Gasteiger partial charge on any atom is 0.389 e. The van der Waals surface area contributed by atoms with E-state index in [1.165, 1.54) is 19.2 Å². The van der Waals surface area contributed by atoms with E-state index in [1.807, 2.05) is 0 Å². The standard InChI is InChI=1S/C12H14F3NO2.ClH/c1-18-11(17)9-4-2-3-8(7-9)10(16)5-6-12(13,14)15;/h2-4,7,10H,5-6,16H2,1H3;1H/t10-;/m0./s1. The zero-order valence-corrected chi connectivity index (χ0v) is 11.1. The van der Waals surface area contributed by atoms with Gasteiger partial charge in [0.25, 0.3) is 0 Å². The predicted octanol–water partition coefficient (Wildman–Crippen LogP) is 3.24. The highest BCUT2D eigenvalue weighted by atomic mass is 35.5. The number of hydrogen-bond donors (Lipinski definition) is 1. The summed E-state index contributed by atoms with van der Waals surface area (Å²) in [5.74, 6) is -0.542. The SMILES string of the molecule is COC(=O)c1cccc([C@@H](N)CCC(F)(F)F)c1.Cl. The van der Waals surface area contributed by atoms with Gasteiger partial charge in [0.1, 0.15) is 0 Å². The number of alkyl halides is 3. The molecule has 0 heterocycles. The van der Waals surface area contributed by atoms with Crippen molar-refractivity contribution in [3.63, 3.8) is 0 Å². The minimum absolute atomic E-state index is 0. The number of benzene rings is 1. The summed E-state index contributed by atoms with van der Waals surface area (Å²) in [5.41, 5.74) is 6.42. The Balaban J connectivity index is 0.00000324. The number of ether oxygens (including phenoxy) is 1. The highest BCUT2D eigenvalue weighted by Gasteiger charge is 2.27. The molecule has 1 atom stereocenters. The fourth-order valence-corrected chi connectivity index (χ4v) is 1.50. The van der Waals surface area contributed by atoms with Crippen molar-refractivity contribution in [2.45, 2.75) is 25.1 Å². The first kappa shape index (κ1) is 17.7. The highest BCUT2D eigenvalue weighted by molar-refractivity contribution is 5.89. The number of esters is 1. The molecule has 1 rings (SSSR count). The monoisotopic (exact) mass is 297 g/mol. The van der Waals surface area contributed by atoms with Gasteiger partial charge >= 0.3 is 12.1 Å². The van der Waals surface area contributed by atoms with Gasteiger partial charge in [-0.1, -0.05) is 12.1 Å². The third-order valence-electron chi connectivity index (χ3n) is 2.47. The summed E-state index contributed by atoms with van der Waals surface area (Å²) < 4.78 is 40.7. The summed E-state index contributed by atoms with van der Waals surface area (Å²) in [6.45, 7) is 0. The van der Waals surface area contributed by atoms with E-state index in [0.717, 1.165) is 0 Å². The number of nitrogens with two attached hydrogens (primary N) is 1. The van der Waals surface area contributed by atoms with Crippen LogP contribution < -0.4 is 5.73 Å². The molecule has 0 unspecified atom stereocenters. The van der Waals surface area contributed by atoms with Crippen molar-refractivity contribution >= 4 is 18.4 Å². The van der Waals surface area contributed by atoms with E-state index in [-0.39, 0.29) is 24.4 Å². The van der Waals surface area contributed by atoms with E-state index >= 15 is 0 Å². The van der Waals surface area contributed by atoms with Crippen LogP contribution in [0.4, 0.5) is 13.2 Å². The minimum atomic E-state index is -4.22.